The van der Waals surface area contributed by atoms with Crippen molar-refractivity contribution in [2.75, 3.05) is 38.2 Å². The Kier molecular flexibility index (Phi) is 12.1. The molecule has 0 radical (unpaired) electrons. The highest BCUT2D eigenvalue weighted by atomic mass is 32.2. The van der Waals surface area contributed by atoms with Gasteiger partial charge in [0, 0.05) is 37.7 Å². The largest absolute Gasteiger partial charge is 0.444 e. The van der Waals surface area contributed by atoms with Crippen LogP contribution in [0.2, 0.25) is 0 Å². The molecule has 55 heavy (non-hydrogen) atoms. The molecule has 1 unspecified atom stereocenters. The maximum Gasteiger partial charge on any atom is 0.407 e. The van der Waals surface area contributed by atoms with E-state index >= 15 is 0 Å². The summed E-state index contributed by atoms with van der Waals surface area (Å²) in [5, 5.41) is 14.6. The van der Waals surface area contributed by atoms with Crippen LogP contribution in [0.15, 0.2) is 70.4 Å². The molecule has 0 spiro atoms. The highest BCUT2D eigenvalue weighted by molar-refractivity contribution is 7.89. The van der Waals surface area contributed by atoms with Gasteiger partial charge in [-0.3, -0.25) is 24.6 Å². The van der Waals surface area contributed by atoms with E-state index in [0.29, 0.717) is 62.3 Å². The van der Waals surface area contributed by atoms with Crippen LogP contribution < -0.4 is 21.5 Å². The van der Waals surface area contributed by atoms with Crippen molar-refractivity contribution < 1.29 is 32.3 Å². The van der Waals surface area contributed by atoms with Gasteiger partial charge in [0.25, 0.3) is 5.56 Å². The number of carbonyl (C=O) groups is 3. The van der Waals surface area contributed by atoms with Crippen LogP contribution in [0.4, 0.5) is 10.5 Å². The molecule has 1 saturated carbocycles. The minimum absolute atomic E-state index is 0.161. The summed E-state index contributed by atoms with van der Waals surface area (Å²) in [6.07, 6.45) is 2.39. The standard InChI is InChI=1S/C40H50N6O8S/c1-25-8-14-31(55(51,52)46-16-18-53-19-17-46)23-33(25)29-7-5-6-27(20-29)21-35(38(49)42-30-13-15-32-34(22-30)44-45-37(32)48)43-36(47)28-11-9-26(10-12-28)24-41-39(50)54-40(2,3)4/h5-8,13-15,20,22-23,26,28,35H,9-12,16-19,21,24H2,1-4H3,(H,41,50)(H,42,49)(H,43,47)(H2,44,45,48). The number of benzene rings is 3. The van der Waals surface area contributed by atoms with Gasteiger partial charge in [-0.2, -0.15) is 4.31 Å². The van der Waals surface area contributed by atoms with Gasteiger partial charge in [-0.1, -0.05) is 30.3 Å². The number of ether oxygens (including phenoxy) is 2. The smallest absolute Gasteiger partial charge is 0.407 e. The van der Waals surface area contributed by atoms with Gasteiger partial charge in [0.05, 0.1) is 29.0 Å². The van der Waals surface area contributed by atoms with Crippen LogP contribution in [0, 0.1) is 18.8 Å². The van der Waals surface area contributed by atoms with Crippen molar-refractivity contribution >= 4 is 44.5 Å². The summed E-state index contributed by atoms with van der Waals surface area (Å²) in [5.41, 5.74) is 3.29. The highest BCUT2D eigenvalue weighted by Crippen LogP contribution is 2.31. The number of alkyl carbamates (subject to hydrolysis) is 1. The molecule has 1 aliphatic heterocycles. The molecule has 4 aromatic rings. The lowest BCUT2D eigenvalue weighted by molar-refractivity contribution is -0.130. The Labute approximate surface area is 320 Å². The fourth-order valence-corrected chi connectivity index (χ4v) is 8.56. The van der Waals surface area contributed by atoms with Crippen molar-refractivity contribution in [1.29, 1.82) is 0 Å². The lowest BCUT2D eigenvalue weighted by Crippen LogP contribution is -2.48. The number of amides is 3. The highest BCUT2D eigenvalue weighted by Gasteiger charge is 2.31. The predicted octanol–water partition coefficient (Wildman–Crippen LogP) is 4.85. The maximum atomic E-state index is 14.0. The minimum Gasteiger partial charge on any atom is -0.444 e. The summed E-state index contributed by atoms with van der Waals surface area (Å²) in [7, 11) is -3.73. The first-order chi connectivity index (χ1) is 26.2. The second kappa shape index (κ2) is 16.8. The molecule has 6 rings (SSSR count). The fraction of sp³-hybridized carbons (Fsp3) is 0.450. The molecule has 2 heterocycles. The molecule has 1 aliphatic carbocycles. The SMILES string of the molecule is Cc1ccc(S(=O)(=O)N2CCOCC2)cc1-c1cccc(CC(NC(=O)C2CCC(CNC(=O)OC(C)(C)C)CC2)C(=O)Nc2ccc3c(=O)[nH][nH]c3c2)c1. The van der Waals surface area contributed by atoms with Crippen molar-refractivity contribution in [2.45, 2.75) is 76.3 Å². The minimum atomic E-state index is -3.73. The summed E-state index contributed by atoms with van der Waals surface area (Å²) in [6.45, 7) is 9.09. The summed E-state index contributed by atoms with van der Waals surface area (Å²) < 4.78 is 39.1. The third kappa shape index (κ3) is 10.0. The van der Waals surface area contributed by atoms with Crippen LogP contribution in [0.25, 0.3) is 22.0 Å². The van der Waals surface area contributed by atoms with E-state index in [1.54, 1.807) is 36.4 Å². The van der Waals surface area contributed by atoms with Gasteiger partial charge in [0.15, 0.2) is 0 Å². The second-order valence-corrected chi connectivity index (χ2v) is 17.3. The Morgan fingerprint density at radius 3 is 2.44 bits per heavy atom. The quantitative estimate of drug-likeness (QED) is 0.143. The topological polar surface area (TPSA) is 192 Å². The molecule has 294 valence electrons. The van der Waals surface area contributed by atoms with E-state index in [-0.39, 0.29) is 34.6 Å². The third-order valence-corrected chi connectivity index (χ3v) is 12.0. The third-order valence-electron chi connectivity index (χ3n) is 10.1. The van der Waals surface area contributed by atoms with Gasteiger partial charge in [-0.25, -0.2) is 13.2 Å². The zero-order valence-corrected chi connectivity index (χ0v) is 32.5. The zero-order valence-electron chi connectivity index (χ0n) is 31.7. The van der Waals surface area contributed by atoms with E-state index < -0.39 is 33.7 Å². The maximum absolute atomic E-state index is 14.0. The molecule has 15 heteroatoms. The lowest BCUT2D eigenvalue weighted by atomic mass is 9.81. The lowest BCUT2D eigenvalue weighted by Gasteiger charge is -2.29. The summed E-state index contributed by atoms with van der Waals surface area (Å²) >= 11 is 0. The van der Waals surface area contributed by atoms with Crippen molar-refractivity contribution in [1.82, 2.24) is 25.1 Å². The Morgan fingerprint density at radius 1 is 0.964 bits per heavy atom. The number of carbonyl (C=O) groups excluding carboxylic acids is 3. The molecule has 14 nitrogen and oxygen atoms in total. The average Bonchev–Trinajstić information content (AvgIpc) is 3.53. The van der Waals surface area contributed by atoms with Gasteiger partial charge >= 0.3 is 6.09 Å². The van der Waals surface area contributed by atoms with Crippen LogP contribution >= 0.6 is 0 Å². The van der Waals surface area contributed by atoms with Crippen LogP contribution in [-0.4, -0.2) is 85.3 Å². The number of aromatic amines is 2. The molecule has 5 N–H and O–H groups in total. The molecule has 2 aliphatic rings. The normalized spacial score (nSPS) is 18.7. The molecule has 2 fully saturated rings. The number of nitrogens with zero attached hydrogens (tertiary/aromatic N) is 1. The number of aromatic nitrogens is 2. The molecule has 0 bridgehead atoms. The van der Waals surface area contributed by atoms with Gasteiger partial charge in [0.1, 0.15) is 11.6 Å². The van der Waals surface area contributed by atoms with Crippen molar-refractivity contribution in [3.05, 3.63) is 82.1 Å². The van der Waals surface area contributed by atoms with Crippen LogP contribution in [0.5, 0.6) is 0 Å². The van der Waals surface area contributed by atoms with Crippen molar-refractivity contribution in [3.63, 3.8) is 0 Å². The Morgan fingerprint density at radius 2 is 1.71 bits per heavy atom. The van der Waals surface area contributed by atoms with Crippen LogP contribution in [0.1, 0.15) is 57.6 Å². The molecule has 3 aromatic carbocycles. The number of H-pyrrole nitrogens is 2. The molecule has 1 saturated heterocycles. The van der Waals surface area contributed by atoms with E-state index in [2.05, 4.69) is 26.1 Å². The van der Waals surface area contributed by atoms with Crippen molar-refractivity contribution in [2.24, 2.45) is 11.8 Å². The monoisotopic (exact) mass is 774 g/mol. The van der Waals surface area contributed by atoms with Crippen LogP contribution in [0.3, 0.4) is 0 Å². The Hall–Kier alpha value is -4.99. The second-order valence-electron chi connectivity index (χ2n) is 15.4. The van der Waals surface area contributed by atoms with E-state index in [4.69, 9.17) is 9.47 Å². The van der Waals surface area contributed by atoms with Crippen molar-refractivity contribution in [3.8, 4) is 11.1 Å². The van der Waals surface area contributed by atoms with E-state index in [9.17, 15) is 27.6 Å². The molecule has 3 amide bonds. The Balaban J connectivity index is 1.19. The van der Waals surface area contributed by atoms with E-state index in [0.717, 1.165) is 35.1 Å². The number of hydrogen-bond acceptors (Lipinski definition) is 8. The summed E-state index contributed by atoms with van der Waals surface area (Å²) in [6, 6.07) is 16.6. The first-order valence-electron chi connectivity index (χ1n) is 18.7. The van der Waals surface area contributed by atoms with Gasteiger partial charge in [-0.05, 0) is 112 Å². The first kappa shape index (κ1) is 39.7. The van der Waals surface area contributed by atoms with E-state index in [1.807, 2.05) is 52.0 Å². The fourth-order valence-electron chi connectivity index (χ4n) is 7.12. The van der Waals surface area contributed by atoms with Gasteiger partial charge < -0.3 is 25.4 Å². The van der Waals surface area contributed by atoms with Gasteiger partial charge in [-0.15, -0.1) is 0 Å². The molecular weight excluding hydrogens is 725 g/mol. The number of sulfonamides is 1. The number of aryl methyl sites for hydroxylation is 1. The average molecular weight is 775 g/mol. The van der Waals surface area contributed by atoms with Gasteiger partial charge in [0.2, 0.25) is 21.8 Å². The number of nitrogens with one attached hydrogen (secondary N) is 5. The Bertz CT molecular complexity index is 2190. The number of anilines is 1. The van der Waals surface area contributed by atoms with E-state index in [1.165, 1.54) is 4.31 Å². The number of fused-ring (bicyclic) bond motifs is 1. The molecule has 1 atom stereocenters. The zero-order chi connectivity index (χ0) is 39.3. The summed E-state index contributed by atoms with van der Waals surface area (Å²) in [4.78, 5) is 52.1. The summed E-state index contributed by atoms with van der Waals surface area (Å²) in [5.74, 6) is -0.753. The number of rotatable bonds is 11. The predicted molar refractivity (Wildman–Crippen MR) is 209 cm³/mol. The number of hydrogen-bond donors (Lipinski definition) is 5. The number of morpholine rings is 1. The van der Waals surface area contributed by atoms with Crippen LogP contribution in [-0.2, 0) is 35.5 Å². The first-order valence-corrected chi connectivity index (χ1v) is 20.2. The molecule has 1 aromatic heterocycles. The molecular formula is C40H50N6O8S.